The van der Waals surface area contributed by atoms with Gasteiger partial charge in [0.15, 0.2) is 11.6 Å². The van der Waals surface area contributed by atoms with Crippen molar-refractivity contribution in [1.82, 2.24) is 9.97 Å². The van der Waals surface area contributed by atoms with Crippen LogP contribution in [0.1, 0.15) is 11.1 Å². The fourth-order valence-corrected chi connectivity index (χ4v) is 4.31. The molecular formula is C25H27N5O3. The van der Waals surface area contributed by atoms with E-state index in [1.54, 1.807) is 13.4 Å². The number of benzene rings is 2. The lowest BCUT2D eigenvalue weighted by atomic mass is 10.0. The van der Waals surface area contributed by atoms with Crippen LogP contribution in [0, 0.1) is 0 Å². The fraction of sp³-hybridized carbons (Fsp3) is 0.320. The van der Waals surface area contributed by atoms with Crippen molar-refractivity contribution in [2.75, 3.05) is 48.5 Å². The van der Waals surface area contributed by atoms with Gasteiger partial charge in [0.05, 0.1) is 26.9 Å². The van der Waals surface area contributed by atoms with Crippen molar-refractivity contribution in [2.45, 2.75) is 19.0 Å². The van der Waals surface area contributed by atoms with Crippen molar-refractivity contribution in [3.63, 3.8) is 0 Å². The molecule has 1 N–H and O–H groups in total. The smallest absolute Gasteiger partial charge is 0.250 e. The molecule has 1 amide bonds. The summed E-state index contributed by atoms with van der Waals surface area (Å²) in [5.74, 6) is 2.23. The Morgan fingerprint density at radius 1 is 1.03 bits per heavy atom. The molecule has 0 radical (unpaired) electrons. The van der Waals surface area contributed by atoms with Gasteiger partial charge in [0, 0.05) is 19.5 Å². The summed E-state index contributed by atoms with van der Waals surface area (Å²) >= 11 is 0. The lowest BCUT2D eigenvalue weighted by Gasteiger charge is -2.38. The maximum absolute atomic E-state index is 13.8. The highest BCUT2D eigenvalue weighted by molar-refractivity contribution is 6.07. The van der Waals surface area contributed by atoms with Gasteiger partial charge in [0.2, 0.25) is 5.91 Å². The number of carbonyl (C=O) groups is 1. The number of rotatable bonds is 6. The first-order valence-electron chi connectivity index (χ1n) is 11.2. The van der Waals surface area contributed by atoms with Crippen molar-refractivity contribution in [1.29, 1.82) is 0 Å². The molecule has 1 unspecified atom stereocenters. The number of carbonyl (C=O) groups excluding carboxylic acids is 1. The summed E-state index contributed by atoms with van der Waals surface area (Å²) in [4.78, 5) is 26.9. The van der Waals surface area contributed by atoms with E-state index < -0.39 is 6.04 Å². The number of aromatic nitrogens is 2. The van der Waals surface area contributed by atoms with Gasteiger partial charge in [0.1, 0.15) is 23.8 Å². The quantitative estimate of drug-likeness (QED) is 0.625. The zero-order chi connectivity index (χ0) is 22.6. The standard InChI is InChI=1S/C25H27N5O3/c1-32-20-9-7-19(8-10-20)16-30-22-23(26-17-27-24(22)29-11-13-33-14-12-29)28-21(25(30)31)15-18-5-3-2-4-6-18/h2-10,17,21H,11-16H2,1H3,(H,26,27,28). The van der Waals surface area contributed by atoms with Crippen LogP contribution < -0.4 is 19.9 Å². The molecule has 0 bridgehead atoms. The van der Waals surface area contributed by atoms with Crippen molar-refractivity contribution < 1.29 is 14.3 Å². The monoisotopic (exact) mass is 445 g/mol. The van der Waals surface area contributed by atoms with E-state index in [2.05, 4.69) is 20.2 Å². The predicted molar refractivity (Wildman–Crippen MR) is 127 cm³/mol. The maximum atomic E-state index is 13.8. The highest BCUT2D eigenvalue weighted by atomic mass is 16.5. The van der Waals surface area contributed by atoms with Gasteiger partial charge in [-0.1, -0.05) is 42.5 Å². The van der Waals surface area contributed by atoms with Crippen molar-refractivity contribution in [2.24, 2.45) is 0 Å². The molecule has 3 heterocycles. The molecule has 8 heteroatoms. The van der Waals surface area contributed by atoms with Crippen LogP contribution in [0.2, 0.25) is 0 Å². The van der Waals surface area contributed by atoms with Crippen LogP contribution in [-0.2, 0) is 22.5 Å². The van der Waals surface area contributed by atoms with Crippen LogP contribution in [0.4, 0.5) is 17.3 Å². The predicted octanol–water partition coefficient (Wildman–Crippen LogP) is 2.89. The van der Waals surface area contributed by atoms with Crippen LogP contribution >= 0.6 is 0 Å². The molecule has 1 saturated heterocycles. The molecule has 2 aromatic carbocycles. The third-order valence-electron chi connectivity index (χ3n) is 6.04. The van der Waals surface area contributed by atoms with E-state index in [9.17, 15) is 4.79 Å². The van der Waals surface area contributed by atoms with Crippen LogP contribution in [0.3, 0.4) is 0 Å². The number of ether oxygens (including phenoxy) is 2. The molecular weight excluding hydrogens is 418 g/mol. The lowest BCUT2D eigenvalue weighted by molar-refractivity contribution is -0.119. The number of amides is 1. The Kier molecular flexibility index (Phi) is 6.08. The molecule has 2 aliphatic heterocycles. The molecule has 8 nitrogen and oxygen atoms in total. The van der Waals surface area contributed by atoms with Gasteiger partial charge >= 0.3 is 0 Å². The molecule has 0 saturated carbocycles. The Balaban J connectivity index is 1.52. The first-order chi connectivity index (χ1) is 16.2. The van der Waals surface area contributed by atoms with Gasteiger partial charge in [-0.25, -0.2) is 9.97 Å². The van der Waals surface area contributed by atoms with Crippen molar-refractivity contribution >= 4 is 23.2 Å². The molecule has 170 valence electrons. The highest BCUT2D eigenvalue weighted by Crippen LogP contribution is 2.39. The Labute approximate surface area is 193 Å². The number of hydrogen-bond acceptors (Lipinski definition) is 7. The Hall–Kier alpha value is -3.65. The minimum Gasteiger partial charge on any atom is -0.497 e. The Morgan fingerprint density at radius 3 is 2.52 bits per heavy atom. The number of nitrogens with one attached hydrogen (secondary N) is 1. The van der Waals surface area contributed by atoms with Crippen LogP contribution in [0.15, 0.2) is 60.9 Å². The summed E-state index contributed by atoms with van der Waals surface area (Å²) in [5.41, 5.74) is 2.83. The second kappa shape index (κ2) is 9.46. The minimum absolute atomic E-state index is 0.00600. The van der Waals surface area contributed by atoms with E-state index in [0.29, 0.717) is 32.0 Å². The van der Waals surface area contributed by atoms with E-state index in [-0.39, 0.29) is 5.91 Å². The van der Waals surface area contributed by atoms with Crippen LogP contribution in [0.25, 0.3) is 0 Å². The molecule has 1 aromatic heterocycles. The molecule has 1 atom stereocenters. The van der Waals surface area contributed by atoms with E-state index in [0.717, 1.165) is 41.5 Å². The molecule has 0 aliphatic carbocycles. The summed E-state index contributed by atoms with van der Waals surface area (Å²) in [7, 11) is 1.64. The topological polar surface area (TPSA) is 79.8 Å². The zero-order valence-corrected chi connectivity index (χ0v) is 18.6. The summed E-state index contributed by atoms with van der Waals surface area (Å²) in [6.45, 7) is 3.14. The third kappa shape index (κ3) is 4.47. The number of morpholine rings is 1. The largest absolute Gasteiger partial charge is 0.497 e. The molecule has 2 aliphatic rings. The number of methoxy groups -OCH3 is 1. The van der Waals surface area contributed by atoms with Crippen LogP contribution in [0.5, 0.6) is 5.75 Å². The van der Waals surface area contributed by atoms with Crippen molar-refractivity contribution in [3.8, 4) is 5.75 Å². The molecule has 33 heavy (non-hydrogen) atoms. The van der Waals surface area contributed by atoms with E-state index in [4.69, 9.17) is 9.47 Å². The fourth-order valence-electron chi connectivity index (χ4n) is 4.31. The average Bonchev–Trinajstić information content (AvgIpc) is 2.87. The van der Waals surface area contributed by atoms with Gasteiger partial charge in [-0.05, 0) is 23.3 Å². The zero-order valence-electron chi connectivity index (χ0n) is 18.6. The summed E-state index contributed by atoms with van der Waals surface area (Å²) in [6, 6.07) is 17.4. The summed E-state index contributed by atoms with van der Waals surface area (Å²) < 4.78 is 10.8. The number of nitrogens with zero attached hydrogens (tertiary/aromatic N) is 4. The molecule has 3 aromatic rings. The number of anilines is 3. The SMILES string of the molecule is COc1ccc(CN2C(=O)C(Cc3ccccc3)Nc3ncnc(N4CCOCC4)c32)cc1. The third-order valence-corrected chi connectivity index (χ3v) is 6.04. The molecule has 1 fully saturated rings. The van der Waals surface area contributed by atoms with Gasteiger partial charge in [-0.3, -0.25) is 9.69 Å². The van der Waals surface area contributed by atoms with Gasteiger partial charge in [-0.15, -0.1) is 0 Å². The number of fused-ring (bicyclic) bond motifs is 1. The van der Waals surface area contributed by atoms with E-state index in [1.807, 2.05) is 59.5 Å². The van der Waals surface area contributed by atoms with Gasteiger partial charge in [-0.2, -0.15) is 0 Å². The van der Waals surface area contributed by atoms with Crippen molar-refractivity contribution in [3.05, 3.63) is 72.1 Å². The summed E-state index contributed by atoms with van der Waals surface area (Å²) in [6.07, 6.45) is 2.15. The second-order valence-electron chi connectivity index (χ2n) is 8.15. The second-order valence-corrected chi connectivity index (χ2v) is 8.15. The highest BCUT2D eigenvalue weighted by Gasteiger charge is 2.37. The first-order valence-corrected chi connectivity index (χ1v) is 11.2. The van der Waals surface area contributed by atoms with E-state index in [1.165, 1.54) is 0 Å². The van der Waals surface area contributed by atoms with E-state index >= 15 is 0 Å². The van der Waals surface area contributed by atoms with Gasteiger partial charge in [0.25, 0.3) is 0 Å². The normalized spacial score (nSPS) is 18.0. The Morgan fingerprint density at radius 2 is 1.79 bits per heavy atom. The first kappa shape index (κ1) is 21.2. The molecule has 0 spiro atoms. The Bertz CT molecular complexity index is 1100. The minimum atomic E-state index is -0.411. The van der Waals surface area contributed by atoms with Crippen LogP contribution in [-0.4, -0.2) is 55.3 Å². The lowest BCUT2D eigenvalue weighted by Crippen LogP contribution is -2.49. The summed E-state index contributed by atoms with van der Waals surface area (Å²) in [5, 5.41) is 3.39. The molecule has 5 rings (SSSR count). The average molecular weight is 446 g/mol. The maximum Gasteiger partial charge on any atom is 0.250 e. The van der Waals surface area contributed by atoms with Gasteiger partial charge < -0.3 is 19.7 Å². The number of hydrogen-bond donors (Lipinski definition) is 1.